The summed E-state index contributed by atoms with van der Waals surface area (Å²) in [7, 11) is 0. The van der Waals surface area contributed by atoms with Gasteiger partial charge in [0.25, 0.3) is 11.5 Å². The lowest BCUT2D eigenvalue weighted by atomic mass is 9.92. The molecule has 3 rings (SSSR count). The number of nitrogens with two attached hydrogens (primary N) is 1. The first-order valence-corrected chi connectivity index (χ1v) is 9.24. The molecule has 7 heteroatoms. The lowest BCUT2D eigenvalue weighted by molar-refractivity contribution is -0.255. The van der Waals surface area contributed by atoms with Gasteiger partial charge in [0, 0.05) is 24.3 Å². The summed E-state index contributed by atoms with van der Waals surface area (Å²) in [6, 6.07) is 24.3. The third-order valence-electron chi connectivity index (χ3n) is 4.85. The summed E-state index contributed by atoms with van der Waals surface area (Å²) in [5.74, 6) is -1.87. The Balaban J connectivity index is 1.94. The SMILES string of the molecule is NC(=O)C(O)(c1ccc(N(Cc2ccccc2)Cc2ccccc2)cc1)C(F)(F)F. The van der Waals surface area contributed by atoms with E-state index in [1.807, 2.05) is 65.6 Å². The van der Waals surface area contributed by atoms with Crippen molar-refractivity contribution in [2.24, 2.45) is 5.73 Å². The average Bonchev–Trinajstić information content (AvgIpc) is 2.73. The Bertz CT molecular complexity index is 935. The number of anilines is 1. The van der Waals surface area contributed by atoms with Crippen LogP contribution in [0.3, 0.4) is 0 Å². The fraction of sp³-hybridized carbons (Fsp3) is 0.174. The summed E-state index contributed by atoms with van der Waals surface area (Å²) >= 11 is 0. The molecule has 0 radical (unpaired) electrons. The van der Waals surface area contributed by atoms with E-state index in [2.05, 4.69) is 0 Å². The number of halogens is 3. The van der Waals surface area contributed by atoms with Crippen molar-refractivity contribution in [2.45, 2.75) is 24.9 Å². The highest BCUT2D eigenvalue weighted by Crippen LogP contribution is 2.39. The maximum atomic E-state index is 13.3. The number of alkyl halides is 3. The smallest absolute Gasteiger partial charge is 0.369 e. The van der Waals surface area contributed by atoms with Crippen LogP contribution < -0.4 is 10.6 Å². The van der Waals surface area contributed by atoms with Crippen LogP contribution in [0.1, 0.15) is 16.7 Å². The number of hydrogen-bond acceptors (Lipinski definition) is 3. The van der Waals surface area contributed by atoms with E-state index in [-0.39, 0.29) is 0 Å². The van der Waals surface area contributed by atoms with Crippen molar-refractivity contribution in [2.75, 3.05) is 4.90 Å². The van der Waals surface area contributed by atoms with Gasteiger partial charge < -0.3 is 15.7 Å². The highest BCUT2D eigenvalue weighted by Gasteiger charge is 2.59. The van der Waals surface area contributed by atoms with Gasteiger partial charge in [-0.15, -0.1) is 0 Å². The number of carbonyl (C=O) groups is 1. The molecule has 0 heterocycles. The van der Waals surface area contributed by atoms with E-state index >= 15 is 0 Å². The number of aliphatic hydroxyl groups is 1. The zero-order valence-corrected chi connectivity index (χ0v) is 16.0. The molecule has 0 saturated carbocycles. The monoisotopic (exact) mass is 414 g/mol. The second-order valence-electron chi connectivity index (χ2n) is 6.95. The third kappa shape index (κ3) is 4.46. The summed E-state index contributed by atoms with van der Waals surface area (Å²) in [4.78, 5) is 13.4. The van der Waals surface area contributed by atoms with Gasteiger partial charge in [0.1, 0.15) is 0 Å². The van der Waals surface area contributed by atoms with E-state index in [9.17, 15) is 23.1 Å². The van der Waals surface area contributed by atoms with Crippen LogP contribution in [-0.4, -0.2) is 17.2 Å². The van der Waals surface area contributed by atoms with Crippen molar-refractivity contribution >= 4 is 11.6 Å². The highest BCUT2D eigenvalue weighted by molar-refractivity contribution is 5.85. The first-order valence-electron chi connectivity index (χ1n) is 9.24. The topological polar surface area (TPSA) is 66.6 Å². The van der Waals surface area contributed by atoms with Gasteiger partial charge in [0.2, 0.25) is 0 Å². The van der Waals surface area contributed by atoms with E-state index in [4.69, 9.17) is 5.73 Å². The van der Waals surface area contributed by atoms with E-state index in [0.29, 0.717) is 18.8 Å². The maximum Gasteiger partial charge on any atom is 0.430 e. The molecule has 3 N–H and O–H groups in total. The van der Waals surface area contributed by atoms with E-state index in [1.165, 1.54) is 12.1 Å². The molecule has 0 saturated heterocycles. The Hall–Kier alpha value is -3.32. The Morgan fingerprint density at radius 2 is 1.23 bits per heavy atom. The molecule has 1 atom stereocenters. The molecule has 0 fully saturated rings. The highest BCUT2D eigenvalue weighted by atomic mass is 19.4. The molecule has 1 amide bonds. The molecule has 0 bridgehead atoms. The zero-order valence-electron chi connectivity index (χ0n) is 16.0. The number of hydrogen-bond donors (Lipinski definition) is 2. The lowest BCUT2D eigenvalue weighted by Gasteiger charge is -2.29. The Labute approximate surface area is 172 Å². The maximum absolute atomic E-state index is 13.3. The number of nitrogens with zero attached hydrogens (tertiary/aromatic N) is 1. The number of amides is 1. The minimum absolute atomic E-state index is 0.522. The van der Waals surface area contributed by atoms with Gasteiger partial charge in [-0.1, -0.05) is 72.8 Å². The summed E-state index contributed by atoms with van der Waals surface area (Å²) in [6.45, 7) is 1.04. The van der Waals surface area contributed by atoms with Crippen LogP contribution in [0.15, 0.2) is 84.9 Å². The van der Waals surface area contributed by atoms with Crippen LogP contribution in [0.25, 0.3) is 0 Å². The second kappa shape index (κ2) is 8.59. The van der Waals surface area contributed by atoms with Crippen molar-refractivity contribution in [3.05, 3.63) is 102 Å². The first-order chi connectivity index (χ1) is 14.2. The molecule has 0 aromatic heterocycles. The van der Waals surface area contributed by atoms with Gasteiger partial charge in [-0.25, -0.2) is 0 Å². The zero-order chi connectivity index (χ0) is 21.8. The fourth-order valence-electron chi connectivity index (χ4n) is 3.21. The summed E-state index contributed by atoms with van der Waals surface area (Å²) in [5.41, 5.74) is 3.21. The van der Waals surface area contributed by atoms with Crippen molar-refractivity contribution in [3.8, 4) is 0 Å². The molecule has 4 nitrogen and oxygen atoms in total. The van der Waals surface area contributed by atoms with Gasteiger partial charge in [-0.2, -0.15) is 13.2 Å². The van der Waals surface area contributed by atoms with Crippen LogP contribution in [0, 0.1) is 0 Å². The Kier molecular flexibility index (Phi) is 6.12. The molecule has 0 aliphatic rings. The number of carbonyl (C=O) groups excluding carboxylic acids is 1. The molecule has 0 aliphatic heterocycles. The third-order valence-corrected chi connectivity index (χ3v) is 4.85. The predicted octanol–water partition coefficient (Wildman–Crippen LogP) is 4.13. The lowest BCUT2D eigenvalue weighted by Crippen LogP contribution is -2.52. The number of primary amides is 1. The molecular formula is C23H21F3N2O2. The largest absolute Gasteiger partial charge is 0.430 e. The van der Waals surface area contributed by atoms with Crippen molar-refractivity contribution in [1.82, 2.24) is 0 Å². The predicted molar refractivity (Wildman–Crippen MR) is 108 cm³/mol. The molecule has 1 unspecified atom stereocenters. The van der Waals surface area contributed by atoms with Crippen molar-refractivity contribution < 1.29 is 23.1 Å². The molecule has 3 aromatic carbocycles. The van der Waals surface area contributed by atoms with Gasteiger partial charge in [-0.3, -0.25) is 4.79 Å². The molecule has 0 spiro atoms. The Morgan fingerprint density at radius 3 is 1.60 bits per heavy atom. The van der Waals surface area contributed by atoms with E-state index < -0.39 is 23.2 Å². The summed E-state index contributed by atoms with van der Waals surface area (Å²) in [6.07, 6.45) is -5.23. The van der Waals surface area contributed by atoms with E-state index in [1.54, 1.807) is 0 Å². The average molecular weight is 414 g/mol. The van der Waals surface area contributed by atoms with Gasteiger partial charge in [0.05, 0.1) is 0 Å². The summed E-state index contributed by atoms with van der Waals surface area (Å²) in [5, 5.41) is 9.98. The molecule has 156 valence electrons. The summed E-state index contributed by atoms with van der Waals surface area (Å²) < 4.78 is 39.9. The van der Waals surface area contributed by atoms with Crippen molar-refractivity contribution in [1.29, 1.82) is 0 Å². The van der Waals surface area contributed by atoms with Crippen molar-refractivity contribution in [3.63, 3.8) is 0 Å². The second-order valence-corrected chi connectivity index (χ2v) is 6.95. The minimum atomic E-state index is -5.23. The molecule has 3 aromatic rings. The van der Waals surface area contributed by atoms with E-state index in [0.717, 1.165) is 23.3 Å². The van der Waals surface area contributed by atoms with Crippen LogP contribution in [0.2, 0.25) is 0 Å². The van der Waals surface area contributed by atoms with Crippen LogP contribution in [-0.2, 0) is 23.5 Å². The molecular weight excluding hydrogens is 393 g/mol. The first kappa shape index (κ1) is 21.4. The van der Waals surface area contributed by atoms with Gasteiger partial charge in [-0.05, 0) is 23.3 Å². The minimum Gasteiger partial charge on any atom is -0.369 e. The van der Waals surface area contributed by atoms with Gasteiger partial charge in [0.15, 0.2) is 0 Å². The normalized spacial score (nSPS) is 13.5. The molecule has 0 aliphatic carbocycles. The molecule has 30 heavy (non-hydrogen) atoms. The van der Waals surface area contributed by atoms with Crippen LogP contribution >= 0.6 is 0 Å². The number of rotatable bonds is 7. The fourth-order valence-corrected chi connectivity index (χ4v) is 3.21. The van der Waals surface area contributed by atoms with Crippen LogP contribution in [0.4, 0.5) is 18.9 Å². The quantitative estimate of drug-likeness (QED) is 0.611. The number of benzene rings is 3. The van der Waals surface area contributed by atoms with Crippen LogP contribution in [0.5, 0.6) is 0 Å². The van der Waals surface area contributed by atoms with Gasteiger partial charge >= 0.3 is 6.18 Å². The standard InChI is InChI=1S/C23H21F3N2O2/c24-23(25,26)22(30,21(27)29)19-11-13-20(14-12-19)28(15-17-7-3-1-4-8-17)16-18-9-5-2-6-10-18/h1-14,30H,15-16H2,(H2,27,29). The Morgan fingerprint density at radius 1 is 0.800 bits per heavy atom.